The zero-order valence-corrected chi connectivity index (χ0v) is 27.7. The summed E-state index contributed by atoms with van der Waals surface area (Å²) in [6.07, 6.45) is 11.5. The Hall–Kier alpha value is -1.10. The van der Waals surface area contributed by atoms with Crippen LogP contribution < -0.4 is 9.05 Å². The quantitative estimate of drug-likeness (QED) is 0.233. The van der Waals surface area contributed by atoms with E-state index < -0.39 is 0 Å². The second kappa shape index (κ2) is 26.9. The summed E-state index contributed by atoms with van der Waals surface area (Å²) >= 11 is 0. The molecule has 2 rings (SSSR count). The molecule has 0 fully saturated rings. The van der Waals surface area contributed by atoms with Crippen molar-refractivity contribution in [1.29, 1.82) is 0 Å². The van der Waals surface area contributed by atoms with Crippen molar-refractivity contribution >= 4 is 18.9 Å². The Labute approximate surface area is 231 Å². The first-order chi connectivity index (χ1) is 16.8. The maximum absolute atomic E-state index is 4.83. The van der Waals surface area contributed by atoms with Crippen molar-refractivity contribution in [3.63, 3.8) is 0 Å². The van der Waals surface area contributed by atoms with Gasteiger partial charge in [-0.25, -0.2) is 0 Å². The predicted molar refractivity (Wildman–Crippen MR) is 172 cm³/mol. The van der Waals surface area contributed by atoms with E-state index >= 15 is 0 Å². The molecule has 0 aliphatic heterocycles. The van der Waals surface area contributed by atoms with Crippen LogP contribution in [0.5, 0.6) is 11.5 Å². The Morgan fingerprint density at radius 2 is 0.694 bits per heavy atom. The molecule has 0 N–H and O–H groups in total. The van der Waals surface area contributed by atoms with Gasteiger partial charge in [0.25, 0.3) is 0 Å². The minimum absolute atomic E-state index is 0.500. The molecule has 0 aromatic heterocycles. The predicted octanol–water partition coefficient (Wildman–Crippen LogP) is 12.0. The minimum Gasteiger partial charge on any atom is -0.480 e. The van der Waals surface area contributed by atoms with E-state index in [2.05, 4.69) is 88.2 Å². The first-order valence-corrected chi connectivity index (χ1v) is 14.6. The van der Waals surface area contributed by atoms with Crippen LogP contribution in [0.25, 0.3) is 0 Å². The fourth-order valence-corrected chi connectivity index (χ4v) is 2.52. The van der Waals surface area contributed by atoms with E-state index in [0.717, 1.165) is 11.5 Å². The molecule has 0 saturated carbocycles. The van der Waals surface area contributed by atoms with E-state index in [1.807, 2.05) is 60.7 Å². The number of hydrogen-bond donors (Lipinski definition) is 0. The monoisotopic (exact) mass is 538 g/mol. The topological polar surface area (TPSA) is 18.5 Å². The molecule has 4 heteroatoms. The smallest absolute Gasteiger partial charge is 0.122 e. The fourth-order valence-electron chi connectivity index (χ4n) is 2.21. The van der Waals surface area contributed by atoms with E-state index in [-0.39, 0.29) is 0 Å². The van der Waals surface area contributed by atoms with Crippen LogP contribution in [-0.2, 0) is 0 Å². The summed E-state index contributed by atoms with van der Waals surface area (Å²) in [7, 11) is 4.39. The molecule has 2 aromatic rings. The maximum atomic E-state index is 4.83. The number of unbranched alkanes of at least 4 members (excludes halogenated alkanes) is 7. The summed E-state index contributed by atoms with van der Waals surface area (Å²) < 4.78 is 9.66. The zero-order chi connectivity index (χ0) is 28.3. The summed E-state index contributed by atoms with van der Waals surface area (Å²) in [5, 5.41) is 0. The lowest BCUT2D eigenvalue weighted by atomic mass is 10.0. The number of rotatable bonds is 9. The number of para-hydroxylation sites is 2. The lowest BCUT2D eigenvalue weighted by Crippen LogP contribution is -1.93. The standard InChI is InChI=1S/C10H22.2C6H7OP.2C5H12/c1-3-5-7-9-10-8-6-4-2;2*8-7-6-4-2-1-3-5-6;2*1-5(2,3)4/h3-10H2,1-2H3;2*1-5H,8H2;2*1-4H3. The van der Waals surface area contributed by atoms with E-state index in [1.165, 1.54) is 51.4 Å². The normalized spacial score (nSPS) is 10.0. The minimum atomic E-state index is 0.500. The fraction of sp³-hybridized carbons (Fsp3) is 0.625. The molecule has 210 valence electrons. The van der Waals surface area contributed by atoms with Crippen LogP contribution in [0, 0.1) is 10.8 Å². The van der Waals surface area contributed by atoms with Crippen LogP contribution in [0.2, 0.25) is 0 Å². The van der Waals surface area contributed by atoms with Gasteiger partial charge in [-0.05, 0) is 35.1 Å². The maximum Gasteiger partial charge on any atom is 0.122 e. The highest BCUT2D eigenvalue weighted by molar-refractivity contribution is 7.10. The van der Waals surface area contributed by atoms with Gasteiger partial charge in [-0.3, -0.25) is 0 Å². The summed E-state index contributed by atoms with van der Waals surface area (Å²) in [6.45, 7) is 22.0. The lowest BCUT2D eigenvalue weighted by Gasteiger charge is -2.05. The highest BCUT2D eigenvalue weighted by atomic mass is 31.0. The van der Waals surface area contributed by atoms with Gasteiger partial charge >= 0.3 is 0 Å². The molecule has 2 aromatic carbocycles. The van der Waals surface area contributed by atoms with E-state index in [9.17, 15) is 0 Å². The van der Waals surface area contributed by atoms with Crippen LogP contribution in [0.1, 0.15) is 121 Å². The molecule has 2 nitrogen and oxygen atoms in total. The first-order valence-electron chi connectivity index (χ1n) is 13.6. The molecule has 36 heavy (non-hydrogen) atoms. The first kappa shape index (κ1) is 39.4. The van der Waals surface area contributed by atoms with Crippen molar-refractivity contribution in [2.75, 3.05) is 0 Å². The van der Waals surface area contributed by atoms with Gasteiger partial charge in [-0.1, -0.05) is 157 Å². The van der Waals surface area contributed by atoms with Gasteiger partial charge in [0.05, 0.1) is 18.9 Å². The van der Waals surface area contributed by atoms with Crippen molar-refractivity contribution in [3.05, 3.63) is 60.7 Å². The van der Waals surface area contributed by atoms with Crippen molar-refractivity contribution in [3.8, 4) is 11.5 Å². The molecule has 0 radical (unpaired) electrons. The Kier molecular flexibility index (Phi) is 29.5. The Balaban J connectivity index is -0.000000388. The third kappa shape index (κ3) is 49.9. The Morgan fingerprint density at radius 3 is 0.861 bits per heavy atom. The average molecular weight is 539 g/mol. The van der Waals surface area contributed by atoms with Gasteiger partial charge in [-0.2, -0.15) is 0 Å². The lowest BCUT2D eigenvalue weighted by molar-refractivity contribution is 0.469. The van der Waals surface area contributed by atoms with E-state index in [1.54, 1.807) is 0 Å². The number of benzene rings is 2. The van der Waals surface area contributed by atoms with E-state index in [4.69, 9.17) is 9.05 Å². The molecule has 0 saturated heterocycles. The van der Waals surface area contributed by atoms with Crippen molar-refractivity contribution in [2.45, 2.75) is 121 Å². The SMILES string of the molecule is CC(C)(C)C.CC(C)(C)C.CCCCCCCCCC.POc1ccccc1.POc1ccccc1. The van der Waals surface area contributed by atoms with Crippen LogP contribution in [0.3, 0.4) is 0 Å². The molecule has 0 bridgehead atoms. The van der Waals surface area contributed by atoms with Crippen LogP contribution in [0.15, 0.2) is 60.7 Å². The third-order valence-electron chi connectivity index (χ3n) is 3.72. The number of hydrogen-bond acceptors (Lipinski definition) is 2. The summed E-state index contributed by atoms with van der Waals surface area (Å²) in [5.41, 5.74) is 1.00. The molecule has 0 aliphatic carbocycles. The van der Waals surface area contributed by atoms with Gasteiger partial charge in [-0.15, -0.1) is 0 Å². The van der Waals surface area contributed by atoms with Gasteiger partial charge in [0.2, 0.25) is 0 Å². The zero-order valence-electron chi connectivity index (χ0n) is 25.4. The van der Waals surface area contributed by atoms with Crippen LogP contribution in [0.4, 0.5) is 0 Å². The molecule has 2 unspecified atom stereocenters. The molecular formula is C32H60O2P2. The van der Waals surface area contributed by atoms with Gasteiger partial charge < -0.3 is 9.05 Å². The molecule has 0 heterocycles. The summed E-state index contributed by atoms with van der Waals surface area (Å²) in [5.74, 6) is 1.75. The highest BCUT2D eigenvalue weighted by Crippen LogP contribution is 2.11. The summed E-state index contributed by atoms with van der Waals surface area (Å²) in [6, 6.07) is 19.2. The van der Waals surface area contributed by atoms with Crippen LogP contribution >= 0.6 is 18.9 Å². The van der Waals surface area contributed by atoms with Crippen LogP contribution in [-0.4, -0.2) is 0 Å². The molecular weight excluding hydrogens is 478 g/mol. The average Bonchev–Trinajstić information content (AvgIpc) is 2.81. The molecule has 0 aliphatic rings. The molecule has 0 spiro atoms. The second-order valence-corrected chi connectivity index (χ2v) is 12.5. The van der Waals surface area contributed by atoms with Gasteiger partial charge in [0, 0.05) is 0 Å². The van der Waals surface area contributed by atoms with Gasteiger partial charge in [0.15, 0.2) is 0 Å². The molecule has 2 atom stereocenters. The summed E-state index contributed by atoms with van der Waals surface area (Å²) in [4.78, 5) is 0. The Morgan fingerprint density at radius 1 is 0.472 bits per heavy atom. The van der Waals surface area contributed by atoms with Crippen molar-refractivity contribution < 1.29 is 9.05 Å². The third-order valence-corrected chi connectivity index (χ3v) is 4.26. The van der Waals surface area contributed by atoms with E-state index in [0.29, 0.717) is 10.8 Å². The second-order valence-electron chi connectivity index (χ2n) is 12.0. The highest BCUT2D eigenvalue weighted by Gasteiger charge is 1.96. The van der Waals surface area contributed by atoms with Crippen molar-refractivity contribution in [1.82, 2.24) is 0 Å². The van der Waals surface area contributed by atoms with Gasteiger partial charge in [0.1, 0.15) is 11.5 Å². The Bertz CT molecular complexity index is 576. The largest absolute Gasteiger partial charge is 0.480 e. The molecule has 0 amide bonds. The van der Waals surface area contributed by atoms with Crippen molar-refractivity contribution in [2.24, 2.45) is 10.8 Å².